The molecule has 0 spiro atoms. The maximum absolute atomic E-state index is 11.8. The van der Waals surface area contributed by atoms with E-state index in [2.05, 4.69) is 21.2 Å². The summed E-state index contributed by atoms with van der Waals surface area (Å²) in [4.78, 5) is 12.1. The summed E-state index contributed by atoms with van der Waals surface area (Å²) in [5, 5.41) is 2.72. The molecule has 5 heteroatoms. The van der Waals surface area contributed by atoms with Crippen LogP contribution in [0.5, 0.6) is 0 Å². The number of nitrogens with two attached hydrogens (primary N) is 1. The van der Waals surface area contributed by atoms with E-state index in [4.69, 9.17) is 18.0 Å². The van der Waals surface area contributed by atoms with Crippen molar-refractivity contribution in [3.63, 3.8) is 0 Å². The van der Waals surface area contributed by atoms with Gasteiger partial charge in [-0.3, -0.25) is 4.79 Å². The monoisotopic (exact) mass is 300 g/mol. The topological polar surface area (TPSA) is 55.1 Å². The summed E-state index contributed by atoms with van der Waals surface area (Å²) >= 11 is 8.17. The van der Waals surface area contributed by atoms with Crippen molar-refractivity contribution in [2.75, 3.05) is 0 Å². The van der Waals surface area contributed by atoms with Crippen molar-refractivity contribution in [1.82, 2.24) is 5.32 Å². The lowest BCUT2D eigenvalue weighted by atomic mass is 10.1. The summed E-state index contributed by atoms with van der Waals surface area (Å²) in [5.41, 5.74) is 7.09. The molecule has 0 aromatic heterocycles. The average molecular weight is 301 g/mol. The fraction of sp³-hybridized carbons (Fsp3) is 0.273. The highest BCUT2D eigenvalue weighted by Gasteiger charge is 2.11. The Hall–Kier alpha value is -0.940. The summed E-state index contributed by atoms with van der Waals surface area (Å²) in [6, 6.07) is 5.12. The molecule has 1 unspecified atom stereocenters. The third-order valence-electron chi connectivity index (χ3n) is 2.21. The van der Waals surface area contributed by atoms with Crippen LogP contribution >= 0.6 is 28.1 Å². The lowest BCUT2D eigenvalue weighted by Crippen LogP contribution is -2.41. The van der Waals surface area contributed by atoms with Crippen LogP contribution in [0.2, 0.25) is 0 Å². The molecule has 1 aromatic carbocycles. The van der Waals surface area contributed by atoms with Crippen molar-refractivity contribution in [2.24, 2.45) is 5.73 Å². The molecular formula is C11H13BrN2OS. The summed E-state index contributed by atoms with van der Waals surface area (Å²) in [7, 11) is 0. The van der Waals surface area contributed by atoms with E-state index in [1.54, 1.807) is 19.1 Å². The Bertz CT molecular complexity index is 434. The molecule has 0 aliphatic rings. The van der Waals surface area contributed by atoms with E-state index >= 15 is 0 Å². The standard InChI is InChI=1S/C11H13BrN2OS/c1-6-3-4-8(5-9(6)12)11(15)14-7(2)10(13)16/h3-5,7H,1-2H3,(H2,13,16)(H,14,15). The molecule has 0 saturated carbocycles. The second-order valence-electron chi connectivity index (χ2n) is 3.56. The number of hydrogen-bond donors (Lipinski definition) is 2. The van der Waals surface area contributed by atoms with Gasteiger partial charge in [0.15, 0.2) is 0 Å². The first-order valence-electron chi connectivity index (χ1n) is 4.78. The molecule has 0 aliphatic heterocycles. The molecule has 0 aliphatic carbocycles. The van der Waals surface area contributed by atoms with Crippen LogP contribution < -0.4 is 11.1 Å². The van der Waals surface area contributed by atoms with Gasteiger partial charge in [0.25, 0.3) is 5.91 Å². The fourth-order valence-electron chi connectivity index (χ4n) is 1.09. The van der Waals surface area contributed by atoms with E-state index in [-0.39, 0.29) is 16.9 Å². The van der Waals surface area contributed by atoms with Crippen LogP contribution in [-0.4, -0.2) is 16.9 Å². The van der Waals surface area contributed by atoms with Crippen LogP contribution in [0.3, 0.4) is 0 Å². The normalized spacial score (nSPS) is 11.9. The van der Waals surface area contributed by atoms with Gasteiger partial charge in [0.1, 0.15) is 0 Å². The van der Waals surface area contributed by atoms with Crippen molar-refractivity contribution < 1.29 is 4.79 Å². The second-order valence-corrected chi connectivity index (χ2v) is 4.89. The van der Waals surface area contributed by atoms with Crippen LogP contribution in [0.1, 0.15) is 22.8 Å². The van der Waals surface area contributed by atoms with E-state index in [0.717, 1.165) is 10.0 Å². The number of carbonyl (C=O) groups is 1. The van der Waals surface area contributed by atoms with E-state index < -0.39 is 0 Å². The molecule has 0 bridgehead atoms. The molecule has 86 valence electrons. The third-order valence-corrected chi connectivity index (χ3v) is 3.42. The molecule has 1 atom stereocenters. The number of carbonyl (C=O) groups excluding carboxylic acids is 1. The zero-order valence-corrected chi connectivity index (χ0v) is 11.5. The van der Waals surface area contributed by atoms with Gasteiger partial charge in [-0.25, -0.2) is 0 Å². The fourth-order valence-corrected chi connectivity index (χ4v) is 1.52. The summed E-state index contributed by atoms with van der Waals surface area (Å²) in [6.45, 7) is 3.72. The van der Waals surface area contributed by atoms with Gasteiger partial charge in [-0.15, -0.1) is 0 Å². The summed E-state index contributed by atoms with van der Waals surface area (Å²) < 4.78 is 0.906. The molecule has 0 saturated heterocycles. The van der Waals surface area contributed by atoms with Crippen molar-refractivity contribution in [3.8, 4) is 0 Å². The number of hydrogen-bond acceptors (Lipinski definition) is 2. The van der Waals surface area contributed by atoms with Crippen LogP contribution in [0.25, 0.3) is 0 Å². The Morgan fingerprint density at radius 1 is 1.56 bits per heavy atom. The van der Waals surface area contributed by atoms with Crippen LogP contribution in [-0.2, 0) is 0 Å². The maximum Gasteiger partial charge on any atom is 0.251 e. The van der Waals surface area contributed by atoms with Crippen LogP contribution in [0, 0.1) is 6.92 Å². The highest BCUT2D eigenvalue weighted by atomic mass is 79.9. The number of benzene rings is 1. The lowest BCUT2D eigenvalue weighted by molar-refractivity contribution is 0.0949. The van der Waals surface area contributed by atoms with E-state index in [9.17, 15) is 4.79 Å². The smallest absolute Gasteiger partial charge is 0.251 e. The highest BCUT2D eigenvalue weighted by molar-refractivity contribution is 9.10. The predicted molar refractivity (Wildman–Crippen MR) is 72.6 cm³/mol. The minimum absolute atomic E-state index is 0.180. The number of amides is 1. The third kappa shape index (κ3) is 3.28. The van der Waals surface area contributed by atoms with Crippen molar-refractivity contribution >= 4 is 39.0 Å². The van der Waals surface area contributed by atoms with Gasteiger partial charge < -0.3 is 11.1 Å². The first-order chi connectivity index (χ1) is 7.41. The Labute approximate surface area is 109 Å². The van der Waals surface area contributed by atoms with Crippen molar-refractivity contribution in [1.29, 1.82) is 0 Å². The molecule has 1 aromatic rings. The van der Waals surface area contributed by atoms with E-state index in [1.807, 2.05) is 13.0 Å². The number of halogens is 1. The van der Waals surface area contributed by atoms with E-state index in [0.29, 0.717) is 5.56 Å². The zero-order valence-electron chi connectivity index (χ0n) is 9.08. The summed E-state index contributed by atoms with van der Waals surface area (Å²) in [6.07, 6.45) is 0. The quantitative estimate of drug-likeness (QED) is 0.841. The molecule has 3 N–H and O–H groups in total. The number of nitrogens with one attached hydrogen (secondary N) is 1. The first-order valence-corrected chi connectivity index (χ1v) is 5.98. The van der Waals surface area contributed by atoms with Crippen molar-refractivity contribution in [3.05, 3.63) is 33.8 Å². The average Bonchev–Trinajstić information content (AvgIpc) is 2.21. The van der Waals surface area contributed by atoms with Gasteiger partial charge in [0.05, 0.1) is 11.0 Å². The minimum Gasteiger partial charge on any atom is -0.392 e. The Morgan fingerprint density at radius 2 is 2.19 bits per heavy atom. The van der Waals surface area contributed by atoms with Crippen molar-refractivity contribution in [2.45, 2.75) is 19.9 Å². The van der Waals surface area contributed by atoms with Crippen LogP contribution in [0.15, 0.2) is 22.7 Å². The van der Waals surface area contributed by atoms with Gasteiger partial charge in [0, 0.05) is 10.0 Å². The number of thiocarbonyl (C=S) groups is 1. The maximum atomic E-state index is 11.8. The SMILES string of the molecule is Cc1ccc(C(=O)NC(C)C(N)=S)cc1Br. The van der Waals surface area contributed by atoms with E-state index in [1.165, 1.54) is 0 Å². The predicted octanol–water partition coefficient (Wildman–Crippen LogP) is 2.16. The molecule has 1 rings (SSSR count). The molecular weight excluding hydrogens is 288 g/mol. The molecule has 0 heterocycles. The molecule has 3 nitrogen and oxygen atoms in total. The molecule has 1 amide bonds. The van der Waals surface area contributed by atoms with Gasteiger partial charge >= 0.3 is 0 Å². The highest BCUT2D eigenvalue weighted by Crippen LogP contribution is 2.17. The van der Waals surface area contributed by atoms with Crippen LogP contribution in [0.4, 0.5) is 0 Å². The molecule has 16 heavy (non-hydrogen) atoms. The lowest BCUT2D eigenvalue weighted by Gasteiger charge is -2.12. The Morgan fingerprint density at radius 3 is 2.69 bits per heavy atom. The molecule has 0 fully saturated rings. The minimum atomic E-state index is -0.303. The van der Waals surface area contributed by atoms with Gasteiger partial charge in [0.2, 0.25) is 0 Å². The number of aryl methyl sites for hydroxylation is 1. The Kier molecular flexibility index (Phi) is 4.44. The Balaban J connectivity index is 2.81. The largest absolute Gasteiger partial charge is 0.392 e. The number of rotatable bonds is 3. The second kappa shape index (κ2) is 5.41. The molecule has 0 radical (unpaired) electrons. The first kappa shape index (κ1) is 13.1. The van der Waals surface area contributed by atoms with Gasteiger partial charge in [-0.1, -0.05) is 34.2 Å². The summed E-state index contributed by atoms with van der Waals surface area (Å²) in [5.74, 6) is -0.180. The van der Waals surface area contributed by atoms with Gasteiger partial charge in [-0.05, 0) is 31.5 Å². The van der Waals surface area contributed by atoms with Gasteiger partial charge in [-0.2, -0.15) is 0 Å². The zero-order chi connectivity index (χ0) is 12.3.